The van der Waals surface area contributed by atoms with Crippen LogP contribution in [-0.4, -0.2) is 20.3 Å². The number of benzene rings is 2. The third kappa shape index (κ3) is 3.66. The summed E-state index contributed by atoms with van der Waals surface area (Å²) in [6.45, 7) is 3.71. The van der Waals surface area contributed by atoms with Crippen LogP contribution in [0.4, 0.5) is 0 Å². The lowest BCUT2D eigenvalue weighted by molar-refractivity contribution is 0.197. The summed E-state index contributed by atoms with van der Waals surface area (Å²) in [5.41, 5.74) is 3.92. The fourth-order valence-electron chi connectivity index (χ4n) is 2.27. The molecule has 0 aromatic heterocycles. The first-order valence-corrected chi connectivity index (χ1v) is 6.65. The number of methoxy groups -OCH3 is 1. The molecule has 0 saturated carbocycles. The standard InChI is InChI=1S/C17H21NO/c1-14-8-6-7-11-16(14)17(18-12-13-19-2)15-9-4-3-5-10-15/h3-11,17-18H,12-13H2,1-2H3. The number of hydrogen-bond donors (Lipinski definition) is 1. The van der Waals surface area contributed by atoms with Crippen LogP contribution in [0.15, 0.2) is 54.6 Å². The highest BCUT2D eigenvalue weighted by molar-refractivity contribution is 5.36. The highest BCUT2D eigenvalue weighted by atomic mass is 16.5. The van der Waals surface area contributed by atoms with E-state index in [-0.39, 0.29) is 6.04 Å². The minimum atomic E-state index is 0.220. The summed E-state index contributed by atoms with van der Waals surface area (Å²) in [5, 5.41) is 3.57. The molecule has 19 heavy (non-hydrogen) atoms. The predicted octanol–water partition coefficient (Wildman–Crippen LogP) is 3.32. The smallest absolute Gasteiger partial charge is 0.0587 e. The summed E-state index contributed by atoms with van der Waals surface area (Å²) < 4.78 is 5.13. The summed E-state index contributed by atoms with van der Waals surface area (Å²) in [4.78, 5) is 0. The molecular formula is C17H21NO. The average Bonchev–Trinajstić information content (AvgIpc) is 2.46. The maximum atomic E-state index is 5.13. The number of nitrogens with one attached hydrogen (secondary N) is 1. The summed E-state index contributed by atoms with van der Waals surface area (Å²) in [6, 6.07) is 19.3. The first kappa shape index (κ1) is 13.8. The van der Waals surface area contributed by atoms with Crippen LogP contribution in [0.5, 0.6) is 0 Å². The van der Waals surface area contributed by atoms with Crippen molar-refractivity contribution in [3.05, 3.63) is 71.3 Å². The zero-order valence-electron chi connectivity index (χ0n) is 11.6. The van der Waals surface area contributed by atoms with E-state index in [0.29, 0.717) is 0 Å². The Bertz CT molecular complexity index is 496. The van der Waals surface area contributed by atoms with Gasteiger partial charge in [-0.1, -0.05) is 54.6 Å². The van der Waals surface area contributed by atoms with Crippen LogP contribution in [-0.2, 0) is 4.74 Å². The lowest BCUT2D eigenvalue weighted by atomic mass is 9.95. The van der Waals surface area contributed by atoms with Crippen molar-refractivity contribution in [1.29, 1.82) is 0 Å². The second-order valence-electron chi connectivity index (χ2n) is 4.65. The lowest BCUT2D eigenvalue weighted by Crippen LogP contribution is -2.26. The van der Waals surface area contributed by atoms with E-state index in [1.165, 1.54) is 16.7 Å². The maximum absolute atomic E-state index is 5.13. The summed E-state index contributed by atoms with van der Waals surface area (Å²) in [5.74, 6) is 0. The molecule has 0 heterocycles. The molecule has 2 aromatic carbocycles. The Balaban J connectivity index is 2.27. The summed E-state index contributed by atoms with van der Waals surface area (Å²) in [7, 11) is 1.73. The normalized spacial score (nSPS) is 12.3. The molecule has 0 aliphatic heterocycles. The molecule has 0 aliphatic rings. The van der Waals surface area contributed by atoms with Gasteiger partial charge < -0.3 is 10.1 Å². The molecule has 1 atom stereocenters. The Labute approximate surface area is 115 Å². The zero-order valence-corrected chi connectivity index (χ0v) is 11.6. The highest BCUT2D eigenvalue weighted by Crippen LogP contribution is 2.24. The van der Waals surface area contributed by atoms with Gasteiger partial charge in [-0.15, -0.1) is 0 Å². The third-order valence-corrected chi connectivity index (χ3v) is 3.29. The number of ether oxygens (including phenoxy) is 1. The molecule has 0 fully saturated rings. The maximum Gasteiger partial charge on any atom is 0.0587 e. The van der Waals surface area contributed by atoms with Crippen molar-refractivity contribution in [3.63, 3.8) is 0 Å². The molecule has 0 saturated heterocycles. The number of rotatable bonds is 6. The van der Waals surface area contributed by atoms with Crippen molar-refractivity contribution in [3.8, 4) is 0 Å². The van der Waals surface area contributed by atoms with Crippen LogP contribution < -0.4 is 5.32 Å². The number of aryl methyl sites for hydroxylation is 1. The van der Waals surface area contributed by atoms with Gasteiger partial charge in [0.25, 0.3) is 0 Å². The molecule has 0 bridgehead atoms. The van der Waals surface area contributed by atoms with E-state index in [0.717, 1.165) is 13.2 Å². The largest absolute Gasteiger partial charge is 0.383 e. The predicted molar refractivity (Wildman–Crippen MR) is 79.3 cm³/mol. The van der Waals surface area contributed by atoms with Crippen molar-refractivity contribution >= 4 is 0 Å². The van der Waals surface area contributed by atoms with Crippen LogP contribution in [0.2, 0.25) is 0 Å². The van der Waals surface area contributed by atoms with Crippen LogP contribution in [0.1, 0.15) is 22.7 Å². The van der Waals surface area contributed by atoms with Crippen molar-refractivity contribution in [2.24, 2.45) is 0 Å². The molecule has 100 valence electrons. The Morgan fingerprint density at radius 3 is 2.37 bits per heavy atom. The molecule has 2 rings (SSSR count). The van der Waals surface area contributed by atoms with Gasteiger partial charge in [0.05, 0.1) is 12.6 Å². The Morgan fingerprint density at radius 2 is 1.68 bits per heavy atom. The SMILES string of the molecule is COCCNC(c1ccccc1)c1ccccc1C. The van der Waals surface area contributed by atoms with Gasteiger partial charge in [-0.2, -0.15) is 0 Å². The quantitative estimate of drug-likeness (QED) is 0.799. The van der Waals surface area contributed by atoms with Crippen LogP contribution in [0.3, 0.4) is 0 Å². The molecular weight excluding hydrogens is 234 g/mol. The van der Waals surface area contributed by atoms with Crippen molar-refractivity contribution < 1.29 is 4.74 Å². The van der Waals surface area contributed by atoms with Crippen LogP contribution in [0.25, 0.3) is 0 Å². The van der Waals surface area contributed by atoms with E-state index in [1.807, 2.05) is 6.07 Å². The second-order valence-corrected chi connectivity index (χ2v) is 4.65. The lowest BCUT2D eigenvalue weighted by Gasteiger charge is -2.21. The topological polar surface area (TPSA) is 21.3 Å². The van der Waals surface area contributed by atoms with Crippen molar-refractivity contribution in [1.82, 2.24) is 5.32 Å². The summed E-state index contributed by atoms with van der Waals surface area (Å²) in [6.07, 6.45) is 0. The van der Waals surface area contributed by atoms with Gasteiger partial charge in [-0.3, -0.25) is 0 Å². The molecule has 2 aromatic rings. The molecule has 0 radical (unpaired) electrons. The molecule has 0 amide bonds. The first-order chi connectivity index (χ1) is 9.33. The van der Waals surface area contributed by atoms with Gasteiger partial charge in [-0.25, -0.2) is 0 Å². The molecule has 2 heteroatoms. The zero-order chi connectivity index (χ0) is 13.5. The van der Waals surface area contributed by atoms with E-state index in [1.54, 1.807) is 7.11 Å². The van der Waals surface area contributed by atoms with E-state index < -0.39 is 0 Å². The van der Waals surface area contributed by atoms with Gasteiger partial charge >= 0.3 is 0 Å². The monoisotopic (exact) mass is 255 g/mol. The Morgan fingerprint density at radius 1 is 1.00 bits per heavy atom. The Kier molecular flexibility index (Phi) is 5.13. The summed E-state index contributed by atoms with van der Waals surface area (Å²) >= 11 is 0. The highest BCUT2D eigenvalue weighted by Gasteiger charge is 2.14. The third-order valence-electron chi connectivity index (χ3n) is 3.29. The average molecular weight is 255 g/mol. The molecule has 2 nitrogen and oxygen atoms in total. The van der Waals surface area contributed by atoms with E-state index >= 15 is 0 Å². The fourth-order valence-corrected chi connectivity index (χ4v) is 2.27. The van der Waals surface area contributed by atoms with Crippen LogP contribution >= 0.6 is 0 Å². The molecule has 0 aliphatic carbocycles. The van der Waals surface area contributed by atoms with Crippen LogP contribution in [0, 0.1) is 6.92 Å². The molecule has 0 spiro atoms. The molecule has 1 unspecified atom stereocenters. The van der Waals surface area contributed by atoms with Gasteiger partial charge in [0, 0.05) is 13.7 Å². The van der Waals surface area contributed by atoms with Crippen molar-refractivity contribution in [2.45, 2.75) is 13.0 Å². The van der Waals surface area contributed by atoms with Gasteiger partial charge in [0.2, 0.25) is 0 Å². The van der Waals surface area contributed by atoms with E-state index in [4.69, 9.17) is 4.74 Å². The number of hydrogen-bond acceptors (Lipinski definition) is 2. The van der Waals surface area contributed by atoms with E-state index in [9.17, 15) is 0 Å². The fraction of sp³-hybridized carbons (Fsp3) is 0.294. The minimum Gasteiger partial charge on any atom is -0.383 e. The first-order valence-electron chi connectivity index (χ1n) is 6.65. The van der Waals surface area contributed by atoms with Gasteiger partial charge in [0.15, 0.2) is 0 Å². The van der Waals surface area contributed by atoms with Gasteiger partial charge in [0.1, 0.15) is 0 Å². The van der Waals surface area contributed by atoms with Gasteiger partial charge in [-0.05, 0) is 23.6 Å². The second kappa shape index (κ2) is 7.07. The van der Waals surface area contributed by atoms with Crippen molar-refractivity contribution in [2.75, 3.05) is 20.3 Å². The minimum absolute atomic E-state index is 0.220. The molecule has 1 N–H and O–H groups in total. The van der Waals surface area contributed by atoms with E-state index in [2.05, 4.69) is 60.8 Å². The Hall–Kier alpha value is -1.64.